The number of ether oxygens (including phenoxy) is 1. The van der Waals surface area contributed by atoms with Crippen LogP contribution in [0.2, 0.25) is 0 Å². The van der Waals surface area contributed by atoms with Crippen molar-refractivity contribution in [3.8, 4) is 5.75 Å². The molecule has 0 bridgehead atoms. The molecule has 0 saturated heterocycles. The van der Waals surface area contributed by atoms with Crippen molar-refractivity contribution >= 4 is 0 Å². The molecule has 1 unspecified atom stereocenters. The predicted octanol–water partition coefficient (Wildman–Crippen LogP) is 3.55. The second-order valence-corrected chi connectivity index (χ2v) is 4.58. The second-order valence-electron chi connectivity index (χ2n) is 4.58. The molecule has 0 saturated carbocycles. The van der Waals surface area contributed by atoms with E-state index in [4.69, 9.17) is 4.74 Å². The third-order valence-electron chi connectivity index (χ3n) is 2.39. The first kappa shape index (κ1) is 13.0. The number of aliphatic hydroxyl groups excluding tert-OH is 1. The molecule has 0 aromatic heterocycles. The van der Waals surface area contributed by atoms with Gasteiger partial charge in [0, 0.05) is 0 Å². The molecule has 1 aromatic rings. The highest BCUT2D eigenvalue weighted by atomic mass is 16.5. The molecule has 2 nitrogen and oxygen atoms in total. The molecule has 0 radical (unpaired) electrons. The monoisotopic (exact) mass is 222 g/mol. The van der Waals surface area contributed by atoms with Gasteiger partial charge < -0.3 is 9.84 Å². The average molecular weight is 222 g/mol. The Kier molecular flexibility index (Phi) is 5.33. The minimum atomic E-state index is -0.368. The highest BCUT2D eigenvalue weighted by molar-refractivity contribution is 5.29. The SMILES string of the molecule is CCCC(O)c1cccc(OCC(C)C)c1. The lowest BCUT2D eigenvalue weighted by Crippen LogP contribution is -2.05. The maximum atomic E-state index is 9.87. The summed E-state index contributed by atoms with van der Waals surface area (Å²) in [4.78, 5) is 0. The number of aliphatic hydroxyl groups is 1. The van der Waals surface area contributed by atoms with Crippen molar-refractivity contribution in [2.24, 2.45) is 5.92 Å². The summed E-state index contributed by atoms with van der Waals surface area (Å²) in [6.07, 6.45) is 1.42. The maximum Gasteiger partial charge on any atom is 0.119 e. The van der Waals surface area contributed by atoms with Crippen LogP contribution in [0.5, 0.6) is 5.75 Å². The van der Waals surface area contributed by atoms with Crippen LogP contribution in [0.1, 0.15) is 45.3 Å². The summed E-state index contributed by atoms with van der Waals surface area (Å²) in [5.74, 6) is 1.37. The van der Waals surface area contributed by atoms with E-state index < -0.39 is 0 Å². The number of hydrogen-bond acceptors (Lipinski definition) is 2. The van der Waals surface area contributed by atoms with E-state index in [9.17, 15) is 5.11 Å². The summed E-state index contributed by atoms with van der Waals surface area (Å²) in [6, 6.07) is 7.75. The normalized spacial score (nSPS) is 12.8. The standard InChI is InChI=1S/C14H22O2/c1-4-6-14(15)12-7-5-8-13(9-12)16-10-11(2)3/h5,7-9,11,14-15H,4,6,10H2,1-3H3. The average Bonchev–Trinajstić information content (AvgIpc) is 2.27. The molecule has 1 atom stereocenters. The smallest absolute Gasteiger partial charge is 0.119 e. The van der Waals surface area contributed by atoms with Crippen LogP contribution in [-0.2, 0) is 0 Å². The first-order chi connectivity index (χ1) is 7.63. The van der Waals surface area contributed by atoms with Crippen molar-refractivity contribution in [1.82, 2.24) is 0 Å². The molecular formula is C14H22O2. The van der Waals surface area contributed by atoms with Gasteiger partial charge in [0.15, 0.2) is 0 Å². The summed E-state index contributed by atoms with van der Waals surface area (Å²) in [7, 11) is 0. The first-order valence-corrected chi connectivity index (χ1v) is 6.04. The molecule has 2 heteroatoms. The lowest BCUT2D eigenvalue weighted by molar-refractivity contribution is 0.165. The van der Waals surface area contributed by atoms with Gasteiger partial charge in [0.05, 0.1) is 12.7 Å². The van der Waals surface area contributed by atoms with Crippen LogP contribution in [0, 0.1) is 5.92 Å². The van der Waals surface area contributed by atoms with E-state index in [0.29, 0.717) is 12.5 Å². The summed E-state index contributed by atoms with van der Waals surface area (Å²) < 4.78 is 5.63. The fourth-order valence-corrected chi connectivity index (χ4v) is 1.51. The van der Waals surface area contributed by atoms with Gasteiger partial charge in [-0.2, -0.15) is 0 Å². The van der Waals surface area contributed by atoms with E-state index in [1.807, 2.05) is 24.3 Å². The Labute approximate surface area is 98.3 Å². The quantitative estimate of drug-likeness (QED) is 0.797. The minimum absolute atomic E-state index is 0.368. The Balaban J connectivity index is 2.63. The molecule has 16 heavy (non-hydrogen) atoms. The van der Waals surface area contributed by atoms with E-state index in [2.05, 4.69) is 20.8 Å². The van der Waals surface area contributed by atoms with Crippen LogP contribution in [0.25, 0.3) is 0 Å². The van der Waals surface area contributed by atoms with Crippen LogP contribution in [0.3, 0.4) is 0 Å². The summed E-state index contributed by atoms with van der Waals surface area (Å²) in [5, 5.41) is 9.87. The molecule has 0 fully saturated rings. The van der Waals surface area contributed by atoms with Crippen molar-refractivity contribution in [3.63, 3.8) is 0 Å². The van der Waals surface area contributed by atoms with Gasteiger partial charge in [-0.1, -0.05) is 39.3 Å². The number of rotatable bonds is 6. The zero-order chi connectivity index (χ0) is 12.0. The lowest BCUT2D eigenvalue weighted by Gasteiger charge is -2.13. The summed E-state index contributed by atoms with van der Waals surface area (Å²) >= 11 is 0. The van der Waals surface area contributed by atoms with Crippen molar-refractivity contribution in [2.75, 3.05) is 6.61 Å². The van der Waals surface area contributed by atoms with Crippen molar-refractivity contribution in [3.05, 3.63) is 29.8 Å². The molecule has 0 aliphatic heterocycles. The molecule has 0 amide bonds. The van der Waals surface area contributed by atoms with Gasteiger partial charge >= 0.3 is 0 Å². The molecule has 0 aliphatic carbocycles. The van der Waals surface area contributed by atoms with Crippen molar-refractivity contribution in [1.29, 1.82) is 0 Å². The van der Waals surface area contributed by atoms with Gasteiger partial charge in [0.25, 0.3) is 0 Å². The minimum Gasteiger partial charge on any atom is -0.493 e. The zero-order valence-corrected chi connectivity index (χ0v) is 10.4. The van der Waals surface area contributed by atoms with E-state index in [1.54, 1.807) is 0 Å². The Bertz CT molecular complexity index is 307. The summed E-state index contributed by atoms with van der Waals surface area (Å²) in [5.41, 5.74) is 0.947. The van der Waals surface area contributed by atoms with Gasteiger partial charge in [-0.25, -0.2) is 0 Å². The van der Waals surface area contributed by atoms with Crippen LogP contribution >= 0.6 is 0 Å². The van der Waals surface area contributed by atoms with E-state index in [-0.39, 0.29) is 6.10 Å². The Morgan fingerprint density at radius 3 is 2.69 bits per heavy atom. The van der Waals surface area contributed by atoms with E-state index in [1.165, 1.54) is 0 Å². The Morgan fingerprint density at radius 1 is 1.31 bits per heavy atom. The molecule has 0 aliphatic rings. The summed E-state index contributed by atoms with van der Waals surface area (Å²) in [6.45, 7) is 7.03. The van der Waals surface area contributed by atoms with Crippen molar-refractivity contribution < 1.29 is 9.84 Å². The zero-order valence-electron chi connectivity index (χ0n) is 10.4. The lowest BCUT2D eigenvalue weighted by atomic mass is 10.1. The maximum absolute atomic E-state index is 9.87. The highest BCUT2D eigenvalue weighted by Gasteiger charge is 2.07. The molecule has 1 rings (SSSR count). The predicted molar refractivity (Wildman–Crippen MR) is 66.6 cm³/mol. The Morgan fingerprint density at radius 2 is 2.06 bits per heavy atom. The molecule has 0 heterocycles. The molecular weight excluding hydrogens is 200 g/mol. The Hall–Kier alpha value is -1.02. The van der Waals surface area contributed by atoms with Gasteiger partial charge in [-0.05, 0) is 30.0 Å². The molecule has 90 valence electrons. The van der Waals surface area contributed by atoms with Crippen molar-refractivity contribution in [2.45, 2.75) is 39.7 Å². The molecule has 1 aromatic carbocycles. The van der Waals surface area contributed by atoms with E-state index in [0.717, 1.165) is 24.2 Å². The first-order valence-electron chi connectivity index (χ1n) is 6.04. The van der Waals surface area contributed by atoms with Crippen LogP contribution in [0.15, 0.2) is 24.3 Å². The molecule has 0 spiro atoms. The third kappa shape index (κ3) is 4.23. The fourth-order valence-electron chi connectivity index (χ4n) is 1.51. The van der Waals surface area contributed by atoms with Crippen LogP contribution in [-0.4, -0.2) is 11.7 Å². The van der Waals surface area contributed by atoms with Gasteiger partial charge in [-0.15, -0.1) is 0 Å². The third-order valence-corrected chi connectivity index (χ3v) is 2.39. The fraction of sp³-hybridized carbons (Fsp3) is 0.571. The topological polar surface area (TPSA) is 29.5 Å². The molecule has 1 N–H and O–H groups in total. The number of hydrogen-bond donors (Lipinski definition) is 1. The van der Waals surface area contributed by atoms with Gasteiger partial charge in [-0.3, -0.25) is 0 Å². The largest absolute Gasteiger partial charge is 0.493 e. The number of benzene rings is 1. The second kappa shape index (κ2) is 6.54. The van der Waals surface area contributed by atoms with E-state index >= 15 is 0 Å². The van der Waals surface area contributed by atoms with Gasteiger partial charge in [0.2, 0.25) is 0 Å². The van der Waals surface area contributed by atoms with Gasteiger partial charge in [0.1, 0.15) is 5.75 Å². The highest BCUT2D eigenvalue weighted by Crippen LogP contribution is 2.22. The van der Waals surface area contributed by atoms with Crippen LogP contribution < -0.4 is 4.74 Å². The van der Waals surface area contributed by atoms with Crippen LogP contribution in [0.4, 0.5) is 0 Å².